The predicted molar refractivity (Wildman–Crippen MR) is 94.1 cm³/mol. The minimum atomic E-state index is -3.82. The molecule has 0 aromatic heterocycles. The molecule has 0 amide bonds. The Labute approximate surface area is 148 Å². The topological polar surface area (TPSA) is 116 Å². The highest BCUT2D eigenvalue weighted by molar-refractivity contribution is 7.89. The van der Waals surface area contributed by atoms with Crippen molar-refractivity contribution >= 4 is 28.1 Å². The van der Waals surface area contributed by atoms with Gasteiger partial charge in [0.25, 0.3) is 0 Å². The Morgan fingerprint density at radius 2 is 1.96 bits per heavy atom. The Balaban J connectivity index is 0.00000529. The second-order valence-corrected chi connectivity index (χ2v) is 7.66. The molecule has 0 aliphatic rings. The minimum absolute atomic E-state index is 0. The van der Waals surface area contributed by atoms with E-state index in [1.54, 1.807) is 0 Å². The summed E-state index contributed by atoms with van der Waals surface area (Å²) in [4.78, 5) is 10.2. The van der Waals surface area contributed by atoms with Crippen LogP contribution in [-0.4, -0.2) is 44.4 Å². The van der Waals surface area contributed by atoms with Crippen molar-refractivity contribution in [3.63, 3.8) is 0 Å². The van der Waals surface area contributed by atoms with Crippen LogP contribution in [0.4, 0.5) is 5.69 Å². The smallest absolute Gasteiger partial charge is 0.312 e. The van der Waals surface area contributed by atoms with Gasteiger partial charge in [-0.15, -0.1) is 12.4 Å². The molecule has 0 aliphatic heterocycles. The summed E-state index contributed by atoms with van der Waals surface area (Å²) in [5.41, 5.74) is 5.53. The van der Waals surface area contributed by atoms with Crippen LogP contribution < -0.4 is 10.5 Å². The van der Waals surface area contributed by atoms with Crippen LogP contribution in [0.1, 0.15) is 20.3 Å². The van der Waals surface area contributed by atoms with Gasteiger partial charge in [-0.25, -0.2) is 12.7 Å². The number of nitrogens with two attached hydrogens (primary N) is 1. The summed E-state index contributed by atoms with van der Waals surface area (Å²) in [7, 11) is -1.11. The van der Waals surface area contributed by atoms with Crippen LogP contribution in [0.15, 0.2) is 23.1 Å². The number of nitro groups is 1. The van der Waals surface area contributed by atoms with Crippen LogP contribution >= 0.6 is 12.4 Å². The summed E-state index contributed by atoms with van der Waals surface area (Å²) in [6.07, 6.45) is 0.506. The van der Waals surface area contributed by atoms with Crippen molar-refractivity contribution in [3.8, 4) is 5.75 Å². The lowest BCUT2D eigenvalue weighted by molar-refractivity contribution is -0.386. The number of halogens is 1. The van der Waals surface area contributed by atoms with E-state index in [0.29, 0.717) is 6.42 Å². The number of benzene rings is 1. The first-order chi connectivity index (χ1) is 10.6. The van der Waals surface area contributed by atoms with Gasteiger partial charge < -0.3 is 10.5 Å². The monoisotopic (exact) mass is 381 g/mol. The number of nitro benzene ring substituents is 1. The van der Waals surface area contributed by atoms with Gasteiger partial charge in [0.2, 0.25) is 10.0 Å². The number of nitrogens with zero attached hydrogens (tertiary/aromatic N) is 2. The van der Waals surface area contributed by atoms with Crippen molar-refractivity contribution in [2.45, 2.75) is 31.2 Å². The van der Waals surface area contributed by atoms with Crippen molar-refractivity contribution in [1.82, 2.24) is 4.31 Å². The highest BCUT2D eigenvalue weighted by Crippen LogP contribution is 2.30. The molecule has 0 bridgehead atoms. The molecule has 0 spiro atoms. The number of sulfonamides is 1. The second-order valence-electron chi connectivity index (χ2n) is 5.61. The normalized spacial score (nSPS) is 12.8. The molecule has 1 aromatic carbocycles. The van der Waals surface area contributed by atoms with Gasteiger partial charge in [0.05, 0.1) is 16.9 Å². The van der Waals surface area contributed by atoms with Crippen LogP contribution in [0.25, 0.3) is 0 Å². The van der Waals surface area contributed by atoms with Crippen LogP contribution in [0.2, 0.25) is 0 Å². The molecule has 24 heavy (non-hydrogen) atoms. The number of ether oxygens (including phenoxy) is 1. The van der Waals surface area contributed by atoms with Gasteiger partial charge in [-0.3, -0.25) is 10.1 Å². The predicted octanol–water partition coefficient (Wildman–Crippen LogP) is 2.02. The van der Waals surface area contributed by atoms with Crippen LogP contribution in [-0.2, 0) is 10.0 Å². The molecular formula is C14H24ClN3O5S. The zero-order valence-corrected chi connectivity index (χ0v) is 15.8. The zero-order chi connectivity index (χ0) is 17.8. The van der Waals surface area contributed by atoms with Crippen molar-refractivity contribution in [3.05, 3.63) is 28.3 Å². The highest BCUT2D eigenvalue weighted by Gasteiger charge is 2.26. The van der Waals surface area contributed by atoms with E-state index in [0.717, 1.165) is 10.4 Å². The molecule has 0 radical (unpaired) electrons. The first-order valence-corrected chi connectivity index (χ1v) is 8.59. The lowest BCUT2D eigenvalue weighted by atomic mass is 10.0. The van der Waals surface area contributed by atoms with Gasteiger partial charge in [-0.05, 0) is 24.5 Å². The van der Waals surface area contributed by atoms with E-state index in [9.17, 15) is 18.5 Å². The fourth-order valence-electron chi connectivity index (χ4n) is 1.94. The maximum absolute atomic E-state index is 12.5. The maximum Gasteiger partial charge on any atom is 0.312 e. The zero-order valence-electron chi connectivity index (χ0n) is 14.1. The largest absolute Gasteiger partial charge is 0.490 e. The van der Waals surface area contributed by atoms with Gasteiger partial charge in [-0.1, -0.05) is 13.8 Å². The number of hydrogen-bond donors (Lipinski definition) is 1. The van der Waals surface area contributed by atoms with Crippen molar-refractivity contribution in [2.24, 2.45) is 11.7 Å². The van der Waals surface area contributed by atoms with Gasteiger partial charge in [0.15, 0.2) is 5.75 Å². The van der Waals surface area contributed by atoms with Crippen molar-refractivity contribution < 1.29 is 18.1 Å². The SMILES string of the molecule is COc1ccc(S(=O)(=O)N(C)CCC(N)C(C)C)cc1[N+](=O)[O-].Cl. The minimum Gasteiger partial charge on any atom is -0.490 e. The summed E-state index contributed by atoms with van der Waals surface area (Å²) >= 11 is 0. The Morgan fingerprint density at radius 1 is 1.38 bits per heavy atom. The Bertz CT molecular complexity index is 666. The summed E-state index contributed by atoms with van der Waals surface area (Å²) in [6, 6.07) is 3.46. The van der Waals surface area contributed by atoms with E-state index in [-0.39, 0.29) is 47.2 Å². The lowest BCUT2D eigenvalue weighted by Gasteiger charge is -2.21. The average molecular weight is 382 g/mol. The first-order valence-electron chi connectivity index (χ1n) is 7.15. The molecule has 0 aliphatic carbocycles. The van der Waals surface area contributed by atoms with Crippen LogP contribution in [0.5, 0.6) is 5.75 Å². The van der Waals surface area contributed by atoms with E-state index < -0.39 is 14.9 Å². The summed E-state index contributed by atoms with van der Waals surface area (Å²) in [5, 5.41) is 11.0. The molecule has 10 heteroatoms. The van der Waals surface area contributed by atoms with Crippen molar-refractivity contribution in [1.29, 1.82) is 0 Å². The third-order valence-electron chi connectivity index (χ3n) is 3.69. The molecule has 0 saturated heterocycles. The van der Waals surface area contributed by atoms with Crippen LogP contribution in [0.3, 0.4) is 0 Å². The third kappa shape index (κ3) is 5.30. The molecule has 1 atom stereocenters. The molecule has 8 nitrogen and oxygen atoms in total. The maximum atomic E-state index is 12.5. The lowest BCUT2D eigenvalue weighted by Crippen LogP contribution is -2.34. The summed E-state index contributed by atoms with van der Waals surface area (Å²) in [5.74, 6) is 0.256. The average Bonchev–Trinajstić information content (AvgIpc) is 2.50. The first kappa shape index (κ1) is 22.6. The van der Waals surface area contributed by atoms with E-state index in [1.165, 1.54) is 26.3 Å². The van der Waals surface area contributed by atoms with Gasteiger partial charge in [0, 0.05) is 25.7 Å². The number of rotatable bonds is 8. The van der Waals surface area contributed by atoms with Gasteiger partial charge in [-0.2, -0.15) is 0 Å². The standard InChI is InChI=1S/C14H23N3O5S.ClH/c1-10(2)12(15)7-8-16(3)23(20,21)11-5-6-14(22-4)13(9-11)17(18)19;/h5-6,9-10,12H,7-8,15H2,1-4H3;1H. The van der Waals surface area contributed by atoms with Crippen molar-refractivity contribution in [2.75, 3.05) is 20.7 Å². The summed E-state index contributed by atoms with van der Waals surface area (Å²) in [6.45, 7) is 4.17. The molecule has 138 valence electrons. The second kappa shape index (κ2) is 9.16. The van der Waals surface area contributed by atoms with E-state index in [2.05, 4.69) is 0 Å². The highest BCUT2D eigenvalue weighted by atomic mass is 35.5. The molecule has 0 saturated carbocycles. The van der Waals surface area contributed by atoms with E-state index in [4.69, 9.17) is 10.5 Å². The fourth-order valence-corrected chi connectivity index (χ4v) is 3.14. The fraction of sp³-hybridized carbons (Fsp3) is 0.571. The quantitative estimate of drug-likeness (QED) is 0.544. The summed E-state index contributed by atoms with van der Waals surface area (Å²) < 4.78 is 31.0. The molecule has 1 aromatic rings. The number of hydrogen-bond acceptors (Lipinski definition) is 6. The molecular weight excluding hydrogens is 358 g/mol. The van der Waals surface area contributed by atoms with Gasteiger partial charge >= 0.3 is 5.69 Å². The Morgan fingerprint density at radius 3 is 2.42 bits per heavy atom. The Kier molecular flexibility index (Phi) is 8.62. The van der Waals surface area contributed by atoms with E-state index >= 15 is 0 Å². The molecule has 1 unspecified atom stereocenters. The molecule has 1 rings (SSSR count). The van der Waals surface area contributed by atoms with Gasteiger partial charge in [0.1, 0.15) is 0 Å². The van der Waals surface area contributed by atoms with E-state index in [1.807, 2.05) is 13.8 Å². The molecule has 0 heterocycles. The third-order valence-corrected chi connectivity index (χ3v) is 5.54. The Hall–Kier alpha value is -1.42. The number of methoxy groups -OCH3 is 1. The molecule has 0 fully saturated rings. The van der Waals surface area contributed by atoms with Crippen LogP contribution in [0, 0.1) is 16.0 Å². The molecule has 2 N–H and O–H groups in total.